The van der Waals surface area contributed by atoms with Gasteiger partial charge in [-0.1, -0.05) is 11.6 Å². The van der Waals surface area contributed by atoms with Crippen LogP contribution in [0.3, 0.4) is 0 Å². The van der Waals surface area contributed by atoms with E-state index in [1.807, 2.05) is 18.2 Å². The summed E-state index contributed by atoms with van der Waals surface area (Å²) in [5, 5.41) is 0.544. The lowest BCUT2D eigenvalue weighted by molar-refractivity contribution is 0.629. The fraction of sp³-hybridized carbons (Fsp3) is 0. The minimum Gasteiger partial charge on any atom is -0.369 e. The monoisotopic (exact) mass is 387 g/mol. The summed E-state index contributed by atoms with van der Waals surface area (Å²) in [5.74, 6) is -0.0565. The highest BCUT2D eigenvalue weighted by Crippen LogP contribution is 2.29. The lowest BCUT2D eigenvalue weighted by Crippen LogP contribution is -2.01. The Hall–Kier alpha value is -1.34. The van der Waals surface area contributed by atoms with Crippen LogP contribution in [-0.2, 0) is 0 Å². The van der Waals surface area contributed by atoms with Crippen LogP contribution in [-0.4, -0.2) is 9.55 Å². The second kappa shape index (κ2) is 4.64. The average Bonchev–Trinajstić information content (AvgIpc) is 2.65. The summed E-state index contributed by atoms with van der Waals surface area (Å²) in [6.45, 7) is 0. The molecule has 2 aromatic carbocycles. The van der Waals surface area contributed by atoms with Gasteiger partial charge in [-0.05, 0) is 52.9 Å². The number of rotatable bonds is 1. The maximum Gasteiger partial charge on any atom is 0.205 e. The van der Waals surface area contributed by atoms with Gasteiger partial charge >= 0.3 is 0 Å². The molecule has 0 amide bonds. The quantitative estimate of drug-likeness (QED) is 0.641. The molecule has 6 heteroatoms. The number of nitrogens with two attached hydrogens (primary N) is 1. The molecular weight excluding hydrogens is 380 g/mol. The zero-order chi connectivity index (χ0) is 13.6. The van der Waals surface area contributed by atoms with Gasteiger partial charge in [-0.2, -0.15) is 0 Å². The maximum absolute atomic E-state index is 13.4. The molecule has 3 aromatic rings. The van der Waals surface area contributed by atoms with Crippen LogP contribution in [0.5, 0.6) is 0 Å². The van der Waals surface area contributed by atoms with E-state index in [1.54, 1.807) is 10.6 Å². The first-order valence-electron chi connectivity index (χ1n) is 5.45. The number of fused-ring (bicyclic) bond motifs is 1. The van der Waals surface area contributed by atoms with Crippen LogP contribution in [0.4, 0.5) is 10.3 Å². The number of anilines is 1. The predicted molar refractivity (Wildman–Crippen MR) is 83.2 cm³/mol. The van der Waals surface area contributed by atoms with E-state index in [-0.39, 0.29) is 11.8 Å². The first-order chi connectivity index (χ1) is 9.06. The normalized spacial score (nSPS) is 11.1. The van der Waals surface area contributed by atoms with E-state index in [9.17, 15) is 4.39 Å². The smallest absolute Gasteiger partial charge is 0.205 e. The molecule has 0 aliphatic heterocycles. The Morgan fingerprint density at radius 1 is 1.21 bits per heavy atom. The summed E-state index contributed by atoms with van der Waals surface area (Å²) in [4.78, 5) is 4.21. The van der Waals surface area contributed by atoms with Gasteiger partial charge < -0.3 is 5.73 Å². The molecule has 3 rings (SSSR count). The van der Waals surface area contributed by atoms with E-state index in [0.717, 1.165) is 3.57 Å². The van der Waals surface area contributed by atoms with Gasteiger partial charge in [-0.3, -0.25) is 4.57 Å². The van der Waals surface area contributed by atoms with Crippen molar-refractivity contribution in [3.05, 3.63) is 50.8 Å². The zero-order valence-corrected chi connectivity index (χ0v) is 12.5. The largest absolute Gasteiger partial charge is 0.369 e. The van der Waals surface area contributed by atoms with Crippen molar-refractivity contribution in [1.82, 2.24) is 9.55 Å². The Labute approximate surface area is 127 Å². The average molecular weight is 388 g/mol. The number of halogens is 3. The van der Waals surface area contributed by atoms with E-state index in [4.69, 9.17) is 17.3 Å². The number of nitrogens with zero attached hydrogens (tertiary/aromatic N) is 2. The highest BCUT2D eigenvalue weighted by molar-refractivity contribution is 14.1. The topological polar surface area (TPSA) is 43.8 Å². The van der Waals surface area contributed by atoms with Crippen LogP contribution in [0, 0.1) is 9.39 Å². The Morgan fingerprint density at radius 3 is 2.74 bits per heavy atom. The minimum atomic E-state index is -0.338. The van der Waals surface area contributed by atoms with Crippen molar-refractivity contribution in [1.29, 1.82) is 0 Å². The summed E-state index contributed by atoms with van der Waals surface area (Å²) in [6, 6.07) is 9.92. The van der Waals surface area contributed by atoms with E-state index < -0.39 is 0 Å². The lowest BCUT2D eigenvalue weighted by Gasteiger charge is -2.09. The fourth-order valence-electron chi connectivity index (χ4n) is 1.98. The second-order valence-electron chi connectivity index (χ2n) is 4.03. The summed E-state index contributed by atoms with van der Waals surface area (Å²) in [5.41, 5.74) is 7.83. The number of hydrogen-bond acceptors (Lipinski definition) is 2. The van der Waals surface area contributed by atoms with Crippen LogP contribution < -0.4 is 5.73 Å². The molecule has 0 aliphatic carbocycles. The van der Waals surface area contributed by atoms with Crippen LogP contribution in [0.15, 0.2) is 36.4 Å². The van der Waals surface area contributed by atoms with Crippen molar-refractivity contribution < 1.29 is 4.39 Å². The molecule has 0 unspecified atom stereocenters. The molecule has 1 aromatic heterocycles. The Bertz CT molecular complexity index is 785. The molecule has 0 saturated carbocycles. The van der Waals surface area contributed by atoms with Crippen LogP contribution in [0.2, 0.25) is 5.02 Å². The van der Waals surface area contributed by atoms with Crippen molar-refractivity contribution >= 4 is 51.2 Å². The zero-order valence-electron chi connectivity index (χ0n) is 9.57. The number of aromatic nitrogens is 2. The third-order valence-electron chi connectivity index (χ3n) is 2.79. The summed E-state index contributed by atoms with van der Waals surface area (Å²) in [6.07, 6.45) is 0. The molecule has 0 spiro atoms. The van der Waals surface area contributed by atoms with Crippen molar-refractivity contribution in [2.75, 3.05) is 5.73 Å². The number of hydrogen-bond donors (Lipinski definition) is 1. The number of imidazole rings is 1. The molecule has 0 radical (unpaired) electrons. The molecule has 96 valence electrons. The van der Waals surface area contributed by atoms with Gasteiger partial charge in [-0.25, -0.2) is 9.37 Å². The molecule has 2 N–H and O–H groups in total. The third kappa shape index (κ3) is 2.17. The SMILES string of the molecule is Nc1nc2ccc(F)cc2n1-c1ccc(I)cc1Cl. The number of nitrogen functional groups attached to an aromatic ring is 1. The van der Waals surface area contributed by atoms with Gasteiger partial charge in [0, 0.05) is 9.64 Å². The van der Waals surface area contributed by atoms with E-state index >= 15 is 0 Å². The molecule has 0 aliphatic rings. The Balaban J connectivity index is 2.35. The number of benzene rings is 2. The summed E-state index contributed by atoms with van der Waals surface area (Å²) in [7, 11) is 0. The van der Waals surface area contributed by atoms with E-state index in [2.05, 4.69) is 27.6 Å². The van der Waals surface area contributed by atoms with Crippen molar-refractivity contribution in [3.8, 4) is 5.69 Å². The van der Waals surface area contributed by atoms with Gasteiger partial charge in [-0.15, -0.1) is 0 Å². The third-order valence-corrected chi connectivity index (χ3v) is 3.77. The van der Waals surface area contributed by atoms with Gasteiger partial charge in [0.05, 0.1) is 21.7 Å². The first kappa shape index (κ1) is 12.7. The van der Waals surface area contributed by atoms with E-state index in [0.29, 0.717) is 21.7 Å². The van der Waals surface area contributed by atoms with Crippen molar-refractivity contribution in [2.45, 2.75) is 0 Å². The van der Waals surface area contributed by atoms with Crippen LogP contribution in [0.1, 0.15) is 0 Å². The Morgan fingerprint density at radius 2 is 2.00 bits per heavy atom. The summed E-state index contributed by atoms with van der Waals surface area (Å²) < 4.78 is 16.1. The summed E-state index contributed by atoms with van der Waals surface area (Å²) >= 11 is 8.40. The van der Waals surface area contributed by atoms with Gasteiger partial charge in [0.1, 0.15) is 5.82 Å². The molecule has 0 fully saturated rings. The second-order valence-corrected chi connectivity index (χ2v) is 5.69. The van der Waals surface area contributed by atoms with Crippen molar-refractivity contribution in [2.24, 2.45) is 0 Å². The molecule has 0 saturated heterocycles. The van der Waals surface area contributed by atoms with Gasteiger partial charge in [0.15, 0.2) is 0 Å². The van der Waals surface area contributed by atoms with Crippen LogP contribution >= 0.6 is 34.2 Å². The molecule has 0 bridgehead atoms. The van der Waals surface area contributed by atoms with Gasteiger partial charge in [0.25, 0.3) is 0 Å². The van der Waals surface area contributed by atoms with Crippen molar-refractivity contribution in [3.63, 3.8) is 0 Å². The molecule has 1 heterocycles. The Kier molecular flexibility index (Phi) is 3.10. The first-order valence-corrected chi connectivity index (χ1v) is 6.91. The fourth-order valence-corrected chi connectivity index (χ4v) is 2.92. The van der Waals surface area contributed by atoms with Crippen LogP contribution in [0.25, 0.3) is 16.7 Å². The highest BCUT2D eigenvalue weighted by atomic mass is 127. The minimum absolute atomic E-state index is 0.281. The molecular formula is C13H8ClFIN3. The van der Waals surface area contributed by atoms with Gasteiger partial charge in [0.2, 0.25) is 5.95 Å². The molecule has 0 atom stereocenters. The maximum atomic E-state index is 13.4. The van der Waals surface area contributed by atoms with E-state index in [1.165, 1.54) is 12.1 Å². The molecule has 3 nitrogen and oxygen atoms in total. The molecule has 19 heavy (non-hydrogen) atoms. The standard InChI is InChI=1S/C13H8ClFIN3/c14-9-6-8(16)2-4-11(9)19-12-5-7(15)1-3-10(12)18-13(19)17/h1-6H,(H2,17,18). The predicted octanol–water partition coefficient (Wildman–Crippen LogP) is 4.00. The lowest BCUT2D eigenvalue weighted by atomic mass is 10.2. The highest BCUT2D eigenvalue weighted by Gasteiger charge is 2.13.